The Bertz CT molecular complexity index is 1090. The molecule has 31 heavy (non-hydrogen) atoms. The van der Waals surface area contributed by atoms with Gasteiger partial charge in [0.05, 0.1) is 18.4 Å². The van der Waals surface area contributed by atoms with Crippen LogP contribution in [0.5, 0.6) is 0 Å². The third-order valence-electron chi connectivity index (χ3n) is 4.25. The fraction of sp³-hybridized carbons (Fsp3) is 0.238. The van der Waals surface area contributed by atoms with Crippen molar-refractivity contribution in [2.45, 2.75) is 25.0 Å². The number of nitrogens with one attached hydrogen (secondary N) is 1. The molecule has 0 aliphatic carbocycles. The van der Waals surface area contributed by atoms with Crippen LogP contribution in [0.3, 0.4) is 0 Å². The van der Waals surface area contributed by atoms with Crippen molar-refractivity contribution in [2.75, 3.05) is 18.2 Å². The Morgan fingerprint density at radius 1 is 1.32 bits per heavy atom. The Morgan fingerprint density at radius 3 is 2.71 bits per heavy atom. The quantitative estimate of drug-likeness (QED) is 0.268. The summed E-state index contributed by atoms with van der Waals surface area (Å²) in [4.78, 5) is 25.5. The lowest BCUT2D eigenvalue weighted by atomic mass is 10.2. The zero-order valence-electron chi connectivity index (χ0n) is 17.1. The SMILES string of the molecule is C=CCn1c(SCC(=O)Nc2sc(CC)cc2C(=O)OC)nnc1-c1ccc(Cl)cc1. The molecule has 10 heteroatoms. The fourth-order valence-electron chi connectivity index (χ4n) is 2.77. The molecule has 1 aromatic carbocycles. The second-order valence-corrected chi connectivity index (χ2v) is 8.87. The highest BCUT2D eigenvalue weighted by atomic mass is 35.5. The summed E-state index contributed by atoms with van der Waals surface area (Å²) in [5.41, 5.74) is 1.23. The van der Waals surface area contributed by atoms with E-state index in [0.717, 1.165) is 16.9 Å². The van der Waals surface area contributed by atoms with Crippen molar-refractivity contribution in [1.29, 1.82) is 0 Å². The largest absolute Gasteiger partial charge is 0.465 e. The van der Waals surface area contributed by atoms with E-state index in [-0.39, 0.29) is 11.7 Å². The van der Waals surface area contributed by atoms with Crippen LogP contribution in [-0.2, 0) is 22.5 Å². The number of carbonyl (C=O) groups excluding carboxylic acids is 2. The van der Waals surface area contributed by atoms with E-state index in [0.29, 0.717) is 33.1 Å². The third kappa shape index (κ3) is 5.55. The average Bonchev–Trinajstić information content (AvgIpc) is 3.36. The first kappa shape index (κ1) is 23.1. The molecule has 0 aliphatic heterocycles. The van der Waals surface area contributed by atoms with E-state index in [2.05, 4.69) is 22.1 Å². The molecule has 0 bridgehead atoms. The molecule has 2 heterocycles. The summed E-state index contributed by atoms with van der Waals surface area (Å²) in [5, 5.41) is 13.0. The number of benzene rings is 1. The first-order valence-electron chi connectivity index (χ1n) is 9.40. The van der Waals surface area contributed by atoms with Gasteiger partial charge in [0.25, 0.3) is 0 Å². The highest BCUT2D eigenvalue weighted by molar-refractivity contribution is 7.99. The highest BCUT2D eigenvalue weighted by Crippen LogP contribution is 2.30. The Kier molecular flexibility index (Phi) is 7.89. The first-order valence-corrected chi connectivity index (χ1v) is 11.6. The lowest BCUT2D eigenvalue weighted by molar-refractivity contribution is -0.113. The number of halogens is 1. The van der Waals surface area contributed by atoms with Crippen LogP contribution < -0.4 is 5.32 Å². The van der Waals surface area contributed by atoms with Crippen molar-refractivity contribution < 1.29 is 14.3 Å². The van der Waals surface area contributed by atoms with E-state index < -0.39 is 5.97 Å². The zero-order chi connectivity index (χ0) is 22.4. The second-order valence-electron chi connectivity index (χ2n) is 6.35. The van der Waals surface area contributed by atoms with Gasteiger partial charge in [-0.1, -0.05) is 36.4 Å². The molecule has 0 aliphatic rings. The number of nitrogens with zero attached hydrogens (tertiary/aromatic N) is 3. The summed E-state index contributed by atoms with van der Waals surface area (Å²) >= 11 is 8.60. The van der Waals surface area contributed by atoms with Crippen LogP contribution in [0.15, 0.2) is 48.1 Å². The Morgan fingerprint density at radius 2 is 2.06 bits per heavy atom. The van der Waals surface area contributed by atoms with Crippen LogP contribution >= 0.6 is 34.7 Å². The summed E-state index contributed by atoms with van der Waals surface area (Å²) in [7, 11) is 1.32. The molecule has 0 fully saturated rings. The van der Waals surface area contributed by atoms with Crippen LogP contribution in [0, 0.1) is 0 Å². The lowest BCUT2D eigenvalue weighted by Gasteiger charge is -2.08. The maximum atomic E-state index is 12.6. The minimum Gasteiger partial charge on any atom is -0.465 e. The predicted octanol–water partition coefficient (Wildman–Crippen LogP) is 4.93. The number of allylic oxidation sites excluding steroid dienone is 1. The van der Waals surface area contributed by atoms with Gasteiger partial charge < -0.3 is 10.1 Å². The van der Waals surface area contributed by atoms with Gasteiger partial charge in [0, 0.05) is 22.0 Å². The summed E-state index contributed by atoms with van der Waals surface area (Å²) in [6.45, 7) is 6.27. The summed E-state index contributed by atoms with van der Waals surface area (Å²) in [5.74, 6) is 0.0481. The van der Waals surface area contributed by atoms with Crippen LogP contribution in [0.25, 0.3) is 11.4 Å². The number of aromatic nitrogens is 3. The molecule has 2 aromatic heterocycles. The average molecular weight is 477 g/mol. The topological polar surface area (TPSA) is 86.1 Å². The molecule has 0 saturated heterocycles. The number of thioether (sulfide) groups is 1. The molecule has 0 radical (unpaired) electrons. The van der Waals surface area contributed by atoms with Crippen molar-refractivity contribution >= 4 is 51.6 Å². The molecular weight excluding hydrogens is 456 g/mol. The molecule has 0 spiro atoms. The monoisotopic (exact) mass is 476 g/mol. The summed E-state index contributed by atoms with van der Waals surface area (Å²) in [6, 6.07) is 9.05. The maximum absolute atomic E-state index is 12.6. The van der Waals surface area contributed by atoms with Crippen LogP contribution in [0.1, 0.15) is 22.2 Å². The van der Waals surface area contributed by atoms with E-state index in [4.69, 9.17) is 16.3 Å². The van der Waals surface area contributed by atoms with Gasteiger partial charge in [-0.15, -0.1) is 28.1 Å². The zero-order valence-corrected chi connectivity index (χ0v) is 19.4. The molecule has 0 saturated carbocycles. The number of aryl methyl sites for hydroxylation is 1. The number of amides is 1. The van der Waals surface area contributed by atoms with Crippen LogP contribution in [-0.4, -0.2) is 39.5 Å². The van der Waals surface area contributed by atoms with Gasteiger partial charge in [-0.2, -0.15) is 0 Å². The third-order valence-corrected chi connectivity index (χ3v) is 6.67. The normalized spacial score (nSPS) is 10.7. The van der Waals surface area contributed by atoms with E-state index in [1.54, 1.807) is 24.3 Å². The van der Waals surface area contributed by atoms with Crippen molar-refractivity contribution in [3.8, 4) is 11.4 Å². The summed E-state index contributed by atoms with van der Waals surface area (Å²) in [6.07, 6.45) is 2.50. The molecular formula is C21H21ClN4O3S2. The van der Waals surface area contributed by atoms with Gasteiger partial charge in [-0.25, -0.2) is 4.79 Å². The second kappa shape index (κ2) is 10.6. The fourth-order valence-corrected chi connectivity index (χ4v) is 4.64. The summed E-state index contributed by atoms with van der Waals surface area (Å²) < 4.78 is 6.70. The minimum atomic E-state index is -0.475. The Hall–Kier alpha value is -2.62. The molecule has 3 aromatic rings. The molecule has 3 rings (SSSR count). The van der Waals surface area contributed by atoms with E-state index in [1.807, 2.05) is 23.6 Å². The van der Waals surface area contributed by atoms with E-state index in [1.165, 1.54) is 30.2 Å². The van der Waals surface area contributed by atoms with Crippen molar-refractivity contribution in [1.82, 2.24) is 14.8 Å². The van der Waals surface area contributed by atoms with Gasteiger partial charge in [-0.3, -0.25) is 9.36 Å². The molecule has 1 amide bonds. The first-order chi connectivity index (χ1) is 15.0. The molecule has 162 valence electrons. The predicted molar refractivity (Wildman–Crippen MR) is 125 cm³/mol. The van der Waals surface area contributed by atoms with Crippen LogP contribution in [0.2, 0.25) is 5.02 Å². The van der Waals surface area contributed by atoms with Gasteiger partial charge in [-0.05, 0) is 36.8 Å². The number of hydrogen-bond donors (Lipinski definition) is 1. The lowest BCUT2D eigenvalue weighted by Crippen LogP contribution is -2.16. The Balaban J connectivity index is 1.73. The number of rotatable bonds is 9. The van der Waals surface area contributed by atoms with Gasteiger partial charge in [0.1, 0.15) is 5.00 Å². The maximum Gasteiger partial charge on any atom is 0.340 e. The van der Waals surface area contributed by atoms with Crippen LogP contribution in [0.4, 0.5) is 5.00 Å². The number of anilines is 1. The smallest absolute Gasteiger partial charge is 0.340 e. The number of hydrogen-bond acceptors (Lipinski definition) is 7. The Labute approximate surface area is 193 Å². The number of carbonyl (C=O) groups is 2. The van der Waals surface area contributed by atoms with E-state index in [9.17, 15) is 9.59 Å². The van der Waals surface area contributed by atoms with Crippen molar-refractivity contribution in [3.05, 3.63) is 58.5 Å². The minimum absolute atomic E-state index is 0.107. The number of esters is 1. The molecule has 7 nitrogen and oxygen atoms in total. The highest BCUT2D eigenvalue weighted by Gasteiger charge is 2.19. The van der Waals surface area contributed by atoms with Gasteiger partial charge in [0.15, 0.2) is 11.0 Å². The molecule has 0 unspecified atom stereocenters. The van der Waals surface area contributed by atoms with E-state index >= 15 is 0 Å². The molecule has 0 atom stereocenters. The standard InChI is InChI=1S/C21H21ClN4O3S2/c1-4-10-26-18(13-6-8-14(22)9-7-13)24-25-21(26)30-12-17(27)23-19-16(20(28)29-3)11-15(5-2)31-19/h4,6-9,11H,1,5,10,12H2,2-3H3,(H,23,27). The number of thiophene rings is 1. The number of ether oxygens (including phenoxy) is 1. The van der Waals surface area contributed by atoms with Gasteiger partial charge >= 0.3 is 5.97 Å². The molecule has 1 N–H and O–H groups in total. The van der Waals surface area contributed by atoms with Crippen molar-refractivity contribution in [3.63, 3.8) is 0 Å². The van der Waals surface area contributed by atoms with Gasteiger partial charge in [0.2, 0.25) is 5.91 Å². The van der Waals surface area contributed by atoms with Crippen molar-refractivity contribution in [2.24, 2.45) is 0 Å². The number of methoxy groups -OCH3 is 1.